The zero-order valence-electron chi connectivity index (χ0n) is 15.7. The molecule has 0 saturated carbocycles. The molecule has 1 aromatic rings. The Labute approximate surface area is 156 Å². The molecule has 5 heteroatoms. The molecule has 2 bridgehead atoms. The summed E-state index contributed by atoms with van der Waals surface area (Å²) < 4.78 is 0. The molecule has 5 nitrogen and oxygen atoms in total. The predicted molar refractivity (Wildman–Crippen MR) is 103 cm³/mol. The molecule has 0 aliphatic carbocycles. The normalized spacial score (nSPS) is 24.3. The van der Waals surface area contributed by atoms with E-state index in [9.17, 15) is 9.59 Å². The predicted octanol–water partition coefficient (Wildman–Crippen LogP) is 2.75. The molecule has 2 unspecified atom stereocenters. The van der Waals surface area contributed by atoms with Gasteiger partial charge in [-0.3, -0.25) is 9.59 Å². The van der Waals surface area contributed by atoms with Crippen LogP contribution >= 0.6 is 0 Å². The minimum absolute atomic E-state index is 0.0328. The summed E-state index contributed by atoms with van der Waals surface area (Å²) in [6.07, 6.45) is 7.48. The van der Waals surface area contributed by atoms with Gasteiger partial charge in [-0.05, 0) is 55.7 Å². The molecule has 2 aliphatic heterocycles. The van der Waals surface area contributed by atoms with Gasteiger partial charge >= 0.3 is 0 Å². The van der Waals surface area contributed by atoms with Crippen molar-refractivity contribution in [3.05, 3.63) is 35.4 Å². The van der Waals surface area contributed by atoms with E-state index < -0.39 is 0 Å². The van der Waals surface area contributed by atoms with Gasteiger partial charge < -0.3 is 16.0 Å². The largest absolute Gasteiger partial charge is 0.352 e. The smallest absolute Gasteiger partial charge is 0.251 e. The zero-order chi connectivity index (χ0) is 18.4. The minimum Gasteiger partial charge on any atom is -0.352 e. The van der Waals surface area contributed by atoms with E-state index in [1.54, 1.807) is 0 Å². The van der Waals surface area contributed by atoms with Crippen molar-refractivity contribution in [1.29, 1.82) is 0 Å². The highest BCUT2D eigenvalue weighted by Crippen LogP contribution is 2.32. The van der Waals surface area contributed by atoms with Crippen molar-refractivity contribution >= 4 is 11.8 Å². The first-order valence-corrected chi connectivity index (χ1v) is 10.0. The second-order valence-corrected chi connectivity index (χ2v) is 7.76. The lowest BCUT2D eigenvalue weighted by Crippen LogP contribution is -2.39. The Kier molecular flexibility index (Phi) is 6.67. The highest BCUT2D eigenvalue weighted by atomic mass is 16.2. The zero-order valence-corrected chi connectivity index (χ0v) is 15.7. The number of rotatable bonds is 8. The molecule has 2 fully saturated rings. The minimum atomic E-state index is -0.0328. The first kappa shape index (κ1) is 18.9. The molecule has 2 saturated heterocycles. The number of hydrogen-bond acceptors (Lipinski definition) is 3. The Bertz CT molecular complexity index is 602. The van der Waals surface area contributed by atoms with Gasteiger partial charge in [-0.15, -0.1) is 0 Å². The van der Waals surface area contributed by atoms with Crippen molar-refractivity contribution in [3.63, 3.8) is 0 Å². The summed E-state index contributed by atoms with van der Waals surface area (Å²) in [7, 11) is 0. The van der Waals surface area contributed by atoms with Gasteiger partial charge in [-0.25, -0.2) is 0 Å². The lowest BCUT2D eigenvalue weighted by molar-refractivity contribution is -0.122. The Balaban J connectivity index is 1.40. The molecular weight excluding hydrogens is 326 g/mol. The maximum atomic E-state index is 12.2. The Morgan fingerprint density at radius 3 is 2.42 bits per heavy atom. The number of nitrogens with one attached hydrogen (secondary N) is 3. The van der Waals surface area contributed by atoms with E-state index in [1.165, 1.54) is 12.8 Å². The second-order valence-electron chi connectivity index (χ2n) is 7.76. The van der Waals surface area contributed by atoms with E-state index in [1.807, 2.05) is 24.3 Å². The van der Waals surface area contributed by atoms with Crippen molar-refractivity contribution in [1.82, 2.24) is 16.0 Å². The third-order valence-corrected chi connectivity index (χ3v) is 5.57. The topological polar surface area (TPSA) is 70.2 Å². The second kappa shape index (κ2) is 9.17. The van der Waals surface area contributed by atoms with E-state index in [4.69, 9.17) is 0 Å². The van der Waals surface area contributed by atoms with Crippen LogP contribution in [0.25, 0.3) is 0 Å². The molecule has 142 valence electrons. The number of carbonyl (C=O) groups is 2. The van der Waals surface area contributed by atoms with E-state index in [0.29, 0.717) is 43.1 Å². The van der Waals surface area contributed by atoms with E-state index >= 15 is 0 Å². The third kappa shape index (κ3) is 5.31. The SMILES string of the molecule is CCCCNC(=O)c1ccc(CNC(=O)CC2CC3CCC(C2)N3)cc1. The first-order valence-electron chi connectivity index (χ1n) is 10.0. The fourth-order valence-electron chi connectivity index (χ4n) is 4.13. The van der Waals surface area contributed by atoms with Crippen LogP contribution in [0, 0.1) is 5.92 Å². The number of fused-ring (bicyclic) bond motifs is 2. The van der Waals surface area contributed by atoms with Crippen LogP contribution in [-0.4, -0.2) is 30.4 Å². The van der Waals surface area contributed by atoms with Crippen LogP contribution in [0.3, 0.4) is 0 Å². The Morgan fingerprint density at radius 1 is 1.08 bits per heavy atom. The Morgan fingerprint density at radius 2 is 1.77 bits per heavy atom. The molecule has 0 radical (unpaired) electrons. The standard InChI is InChI=1S/C21H31N3O2/c1-2-3-10-22-21(26)17-6-4-15(5-7-17)14-23-20(25)13-16-11-18-8-9-19(12-16)24-18/h4-7,16,18-19,24H,2-3,8-14H2,1H3,(H,22,26)(H,23,25). The quantitative estimate of drug-likeness (QED) is 0.627. The molecule has 1 aromatic carbocycles. The van der Waals surface area contributed by atoms with Gasteiger partial charge in [0, 0.05) is 37.2 Å². The van der Waals surface area contributed by atoms with Crippen molar-refractivity contribution in [3.8, 4) is 0 Å². The van der Waals surface area contributed by atoms with E-state index in [2.05, 4.69) is 22.9 Å². The summed E-state index contributed by atoms with van der Waals surface area (Å²) in [5, 5.41) is 9.56. The van der Waals surface area contributed by atoms with Crippen LogP contribution in [0.5, 0.6) is 0 Å². The number of benzene rings is 1. The van der Waals surface area contributed by atoms with Crippen molar-refractivity contribution < 1.29 is 9.59 Å². The van der Waals surface area contributed by atoms with E-state index in [0.717, 1.165) is 31.2 Å². The summed E-state index contributed by atoms with van der Waals surface area (Å²) in [5.41, 5.74) is 1.69. The summed E-state index contributed by atoms with van der Waals surface area (Å²) in [4.78, 5) is 24.2. The number of hydrogen-bond donors (Lipinski definition) is 3. The van der Waals surface area contributed by atoms with Crippen LogP contribution < -0.4 is 16.0 Å². The van der Waals surface area contributed by atoms with Crippen LogP contribution in [0.1, 0.15) is 67.8 Å². The number of carbonyl (C=O) groups excluding carboxylic acids is 2. The first-order chi connectivity index (χ1) is 12.6. The molecule has 0 spiro atoms. The van der Waals surface area contributed by atoms with Gasteiger partial charge in [0.05, 0.1) is 0 Å². The fraction of sp³-hybridized carbons (Fsp3) is 0.619. The van der Waals surface area contributed by atoms with Crippen molar-refractivity contribution in [2.24, 2.45) is 5.92 Å². The van der Waals surface area contributed by atoms with Crippen LogP contribution in [-0.2, 0) is 11.3 Å². The molecule has 3 rings (SSSR count). The van der Waals surface area contributed by atoms with Gasteiger partial charge in [-0.2, -0.15) is 0 Å². The monoisotopic (exact) mass is 357 g/mol. The number of unbranched alkanes of at least 4 members (excludes halogenated alkanes) is 1. The maximum absolute atomic E-state index is 12.2. The summed E-state index contributed by atoms with van der Waals surface area (Å²) in [6, 6.07) is 8.74. The van der Waals surface area contributed by atoms with Crippen molar-refractivity contribution in [2.45, 2.75) is 70.5 Å². The molecule has 2 aliphatic rings. The molecule has 0 aromatic heterocycles. The highest BCUT2D eigenvalue weighted by Gasteiger charge is 2.34. The van der Waals surface area contributed by atoms with Gasteiger partial charge in [0.25, 0.3) is 5.91 Å². The maximum Gasteiger partial charge on any atom is 0.251 e. The molecular formula is C21H31N3O2. The molecule has 3 N–H and O–H groups in total. The van der Waals surface area contributed by atoms with Crippen LogP contribution in [0.4, 0.5) is 0 Å². The number of piperidine rings is 1. The fourth-order valence-corrected chi connectivity index (χ4v) is 4.13. The molecule has 2 atom stereocenters. The Hall–Kier alpha value is -1.88. The van der Waals surface area contributed by atoms with Gasteiger partial charge in [-0.1, -0.05) is 25.5 Å². The van der Waals surface area contributed by atoms with Gasteiger partial charge in [0.2, 0.25) is 5.91 Å². The van der Waals surface area contributed by atoms with Crippen LogP contribution in [0.2, 0.25) is 0 Å². The van der Waals surface area contributed by atoms with Gasteiger partial charge in [0.1, 0.15) is 0 Å². The summed E-state index contributed by atoms with van der Waals surface area (Å²) in [6.45, 7) is 3.34. The molecule has 2 heterocycles. The average Bonchev–Trinajstić information content (AvgIpc) is 2.99. The lowest BCUT2D eigenvalue weighted by Gasteiger charge is -2.28. The molecule has 2 amide bonds. The van der Waals surface area contributed by atoms with Gasteiger partial charge in [0.15, 0.2) is 0 Å². The summed E-state index contributed by atoms with van der Waals surface area (Å²) in [5.74, 6) is 0.621. The third-order valence-electron chi connectivity index (χ3n) is 5.57. The lowest BCUT2D eigenvalue weighted by atomic mass is 9.89. The average molecular weight is 357 g/mol. The highest BCUT2D eigenvalue weighted by molar-refractivity contribution is 5.94. The summed E-state index contributed by atoms with van der Waals surface area (Å²) >= 11 is 0. The molecule has 26 heavy (non-hydrogen) atoms. The van der Waals surface area contributed by atoms with Crippen molar-refractivity contribution in [2.75, 3.05) is 6.54 Å². The van der Waals surface area contributed by atoms with E-state index in [-0.39, 0.29) is 11.8 Å². The van der Waals surface area contributed by atoms with Crippen LogP contribution in [0.15, 0.2) is 24.3 Å². The number of amides is 2.